The lowest BCUT2D eigenvalue weighted by molar-refractivity contribution is 0.0814. The molecule has 250 valence electrons. The minimum atomic E-state index is -0.906. The van der Waals surface area contributed by atoms with Crippen molar-refractivity contribution in [2.24, 2.45) is 0 Å². The molecular formula is C36H34O12. The lowest BCUT2D eigenvalue weighted by Crippen LogP contribution is -2.17. The van der Waals surface area contributed by atoms with Crippen molar-refractivity contribution >= 4 is 23.1 Å². The van der Waals surface area contributed by atoms with Gasteiger partial charge in [-0.3, -0.25) is 19.2 Å². The van der Waals surface area contributed by atoms with Crippen molar-refractivity contribution in [3.8, 4) is 57.1 Å². The third-order valence-corrected chi connectivity index (χ3v) is 7.46. The zero-order valence-electron chi connectivity index (χ0n) is 27.7. The lowest BCUT2D eigenvalue weighted by Gasteiger charge is -2.18. The van der Waals surface area contributed by atoms with Crippen LogP contribution in [0.15, 0.2) is 60.7 Å². The predicted molar refractivity (Wildman–Crippen MR) is 174 cm³/mol. The number of methoxy groups -OCH3 is 8. The summed E-state index contributed by atoms with van der Waals surface area (Å²) in [7, 11) is 11.2. The maximum Gasteiger partial charge on any atom is 0.237 e. The normalized spacial score (nSPS) is 10.4. The number of rotatable bonds is 15. The predicted octanol–water partition coefficient (Wildman–Crippen LogP) is 5.55. The molecule has 0 radical (unpaired) electrons. The standard InChI is InChI=1S/C36H34O12/c1-41-21-9-19(10-22(13-21)42-2)33(37)35(39)27-15-25(29(45-5)17-31(27)47-7)26-16-28(32(48-8)18-30(26)46-6)36(40)34(38)20-11-23(43-3)14-24(12-20)44-4/h9-18H,1-8H3. The van der Waals surface area contributed by atoms with Crippen LogP contribution in [0, 0.1) is 0 Å². The summed E-state index contributed by atoms with van der Waals surface area (Å²) in [5.74, 6) is -1.75. The highest BCUT2D eigenvalue weighted by Crippen LogP contribution is 2.43. The molecule has 0 aliphatic carbocycles. The highest BCUT2D eigenvalue weighted by Gasteiger charge is 2.29. The number of ether oxygens (including phenoxy) is 8. The van der Waals surface area contributed by atoms with E-state index in [-0.39, 0.29) is 56.4 Å². The second-order valence-corrected chi connectivity index (χ2v) is 10.0. The fourth-order valence-corrected chi connectivity index (χ4v) is 4.96. The molecule has 0 saturated heterocycles. The second kappa shape index (κ2) is 15.0. The van der Waals surface area contributed by atoms with Crippen molar-refractivity contribution in [2.75, 3.05) is 56.9 Å². The molecule has 0 spiro atoms. The van der Waals surface area contributed by atoms with E-state index in [1.165, 1.54) is 105 Å². The van der Waals surface area contributed by atoms with Crippen LogP contribution in [-0.2, 0) is 0 Å². The highest BCUT2D eigenvalue weighted by molar-refractivity contribution is 6.50. The summed E-state index contributed by atoms with van der Waals surface area (Å²) in [6, 6.07) is 14.4. The summed E-state index contributed by atoms with van der Waals surface area (Å²) in [6.45, 7) is 0. The topological polar surface area (TPSA) is 142 Å². The molecule has 4 rings (SSSR count). The van der Waals surface area contributed by atoms with Gasteiger partial charge in [-0.15, -0.1) is 0 Å². The third-order valence-electron chi connectivity index (χ3n) is 7.46. The van der Waals surface area contributed by atoms with Gasteiger partial charge in [0.1, 0.15) is 46.0 Å². The van der Waals surface area contributed by atoms with E-state index >= 15 is 0 Å². The number of Topliss-reactive ketones (excluding diaryl/α,β-unsaturated/α-hetero) is 4. The van der Waals surface area contributed by atoms with Crippen LogP contribution in [0.3, 0.4) is 0 Å². The average molecular weight is 659 g/mol. The molecule has 12 heteroatoms. The number of benzene rings is 4. The monoisotopic (exact) mass is 658 g/mol. The zero-order chi connectivity index (χ0) is 35.1. The zero-order valence-corrected chi connectivity index (χ0v) is 27.7. The van der Waals surface area contributed by atoms with E-state index in [9.17, 15) is 19.2 Å². The molecular weight excluding hydrogens is 624 g/mol. The van der Waals surface area contributed by atoms with Crippen molar-refractivity contribution in [2.45, 2.75) is 0 Å². The van der Waals surface area contributed by atoms with E-state index in [1.807, 2.05) is 0 Å². The largest absolute Gasteiger partial charge is 0.497 e. The van der Waals surface area contributed by atoms with E-state index in [1.54, 1.807) is 12.1 Å². The van der Waals surface area contributed by atoms with Crippen LogP contribution in [0.5, 0.6) is 46.0 Å². The van der Waals surface area contributed by atoms with Gasteiger partial charge in [-0.1, -0.05) is 0 Å². The number of hydrogen-bond donors (Lipinski definition) is 0. The van der Waals surface area contributed by atoms with Gasteiger partial charge >= 0.3 is 0 Å². The van der Waals surface area contributed by atoms with Gasteiger partial charge in [0.25, 0.3) is 0 Å². The van der Waals surface area contributed by atoms with E-state index in [0.29, 0.717) is 23.0 Å². The average Bonchev–Trinajstić information content (AvgIpc) is 3.14. The Kier molecular flexibility index (Phi) is 10.9. The molecule has 0 atom stereocenters. The SMILES string of the molecule is COc1cc(OC)cc(C(=O)C(=O)c2cc(-c3cc(C(=O)C(=O)c4cc(OC)cc(OC)c4)c(OC)cc3OC)c(OC)cc2OC)c1. The molecule has 0 saturated carbocycles. The molecule has 48 heavy (non-hydrogen) atoms. The molecule has 0 fully saturated rings. The van der Waals surface area contributed by atoms with Gasteiger partial charge in [-0.2, -0.15) is 0 Å². The first kappa shape index (κ1) is 34.8. The summed E-state index contributed by atoms with van der Waals surface area (Å²) >= 11 is 0. The summed E-state index contributed by atoms with van der Waals surface area (Å²) in [4.78, 5) is 54.6. The summed E-state index contributed by atoms with van der Waals surface area (Å²) in [6.07, 6.45) is 0. The van der Waals surface area contributed by atoms with Crippen molar-refractivity contribution in [3.05, 3.63) is 82.9 Å². The number of carbonyl (C=O) groups is 4. The van der Waals surface area contributed by atoms with Gasteiger partial charge in [0, 0.05) is 46.5 Å². The van der Waals surface area contributed by atoms with Crippen LogP contribution >= 0.6 is 0 Å². The molecule has 0 aliphatic heterocycles. The fourth-order valence-electron chi connectivity index (χ4n) is 4.96. The Hall–Kier alpha value is -6.04. The van der Waals surface area contributed by atoms with Crippen molar-refractivity contribution in [1.29, 1.82) is 0 Å². The van der Waals surface area contributed by atoms with Gasteiger partial charge in [-0.25, -0.2) is 0 Å². The number of ketones is 4. The maximum absolute atomic E-state index is 13.8. The summed E-state index contributed by atoms with van der Waals surface area (Å²) in [5.41, 5.74) is 0.343. The van der Waals surface area contributed by atoms with Crippen molar-refractivity contribution in [3.63, 3.8) is 0 Å². The number of carbonyl (C=O) groups excluding carboxylic acids is 4. The first-order valence-corrected chi connectivity index (χ1v) is 14.2. The van der Waals surface area contributed by atoms with Gasteiger partial charge < -0.3 is 37.9 Å². The molecule has 0 bridgehead atoms. The molecule has 0 heterocycles. The van der Waals surface area contributed by atoms with Crippen LogP contribution in [0.4, 0.5) is 0 Å². The maximum atomic E-state index is 13.8. The van der Waals surface area contributed by atoms with Gasteiger partial charge in [-0.05, 0) is 36.4 Å². The molecule has 12 nitrogen and oxygen atoms in total. The van der Waals surface area contributed by atoms with Crippen molar-refractivity contribution < 1.29 is 57.1 Å². The molecule has 0 N–H and O–H groups in total. The quantitative estimate of drug-likeness (QED) is 0.117. The Morgan fingerprint density at radius 1 is 0.333 bits per heavy atom. The third kappa shape index (κ3) is 6.87. The Balaban J connectivity index is 1.89. The van der Waals surface area contributed by atoms with Gasteiger partial charge in [0.05, 0.1) is 68.0 Å². The van der Waals surface area contributed by atoms with Crippen LogP contribution in [-0.4, -0.2) is 80.0 Å². The molecule has 4 aromatic carbocycles. The van der Waals surface area contributed by atoms with E-state index < -0.39 is 23.1 Å². The first-order chi connectivity index (χ1) is 23.1. The first-order valence-electron chi connectivity index (χ1n) is 14.2. The molecule has 0 aromatic heterocycles. The highest BCUT2D eigenvalue weighted by atomic mass is 16.5. The van der Waals surface area contributed by atoms with Crippen LogP contribution in [0.2, 0.25) is 0 Å². The summed E-state index contributed by atoms with van der Waals surface area (Å²) in [5, 5.41) is 0. The fraction of sp³-hybridized carbons (Fsp3) is 0.222. The van der Waals surface area contributed by atoms with Crippen LogP contribution < -0.4 is 37.9 Å². The Labute approximate surface area is 277 Å². The number of hydrogen-bond acceptors (Lipinski definition) is 12. The van der Waals surface area contributed by atoms with Crippen LogP contribution in [0.1, 0.15) is 41.4 Å². The summed E-state index contributed by atoms with van der Waals surface area (Å²) < 4.78 is 43.2. The minimum absolute atomic E-state index is 0.0261. The van der Waals surface area contributed by atoms with Crippen molar-refractivity contribution in [1.82, 2.24) is 0 Å². The molecule has 0 amide bonds. The smallest absolute Gasteiger partial charge is 0.237 e. The van der Waals surface area contributed by atoms with Crippen LogP contribution in [0.25, 0.3) is 11.1 Å². The Morgan fingerprint density at radius 3 is 0.875 bits per heavy atom. The lowest BCUT2D eigenvalue weighted by atomic mass is 9.92. The Bertz CT molecular complexity index is 1710. The van der Waals surface area contributed by atoms with E-state index in [0.717, 1.165) is 0 Å². The van der Waals surface area contributed by atoms with Gasteiger partial charge in [0.15, 0.2) is 0 Å². The van der Waals surface area contributed by atoms with E-state index in [2.05, 4.69) is 0 Å². The van der Waals surface area contributed by atoms with E-state index in [4.69, 9.17) is 37.9 Å². The molecule has 4 aromatic rings. The minimum Gasteiger partial charge on any atom is -0.497 e. The molecule has 0 aliphatic rings. The Morgan fingerprint density at radius 2 is 0.625 bits per heavy atom. The molecule has 0 unspecified atom stereocenters. The van der Waals surface area contributed by atoms with Gasteiger partial charge in [0.2, 0.25) is 23.1 Å². The second-order valence-electron chi connectivity index (χ2n) is 10.0.